The highest BCUT2D eigenvalue weighted by atomic mass is 16.3. The van der Waals surface area contributed by atoms with Crippen LogP contribution in [0.5, 0.6) is 0 Å². The molecule has 10 nitrogen and oxygen atoms in total. The summed E-state index contributed by atoms with van der Waals surface area (Å²) in [4.78, 5) is 28.5. The molecule has 0 radical (unpaired) electrons. The smallest absolute Gasteiger partial charge is 0.348 e. The summed E-state index contributed by atoms with van der Waals surface area (Å²) in [6, 6.07) is 14.0. The Hall–Kier alpha value is -4.51. The average molecular weight is 591 g/mol. The molecule has 7 rings (SSSR count). The highest BCUT2D eigenvalue weighted by Gasteiger charge is 2.27. The quantitative estimate of drug-likeness (QED) is 0.154. The number of aromatic nitrogens is 5. The van der Waals surface area contributed by atoms with Crippen LogP contribution in [-0.4, -0.2) is 66.5 Å². The molecule has 1 amide bonds. The Morgan fingerprint density at radius 1 is 1.14 bits per heavy atom. The molecule has 44 heavy (non-hydrogen) atoms. The third-order valence-corrected chi connectivity index (χ3v) is 9.20. The lowest BCUT2D eigenvalue weighted by atomic mass is 9.99. The molecule has 2 fully saturated rings. The zero-order valence-corrected chi connectivity index (χ0v) is 24.9. The Balaban J connectivity index is 1.18. The summed E-state index contributed by atoms with van der Waals surface area (Å²) in [5, 5.41) is 23.6. The van der Waals surface area contributed by atoms with E-state index in [2.05, 4.69) is 37.7 Å². The van der Waals surface area contributed by atoms with Gasteiger partial charge < -0.3 is 15.0 Å². The lowest BCUT2D eigenvalue weighted by molar-refractivity contribution is -0.464. The number of carbonyl (C=O) groups is 1. The fraction of sp³-hybridized carbons (Fsp3) is 0.324. The third kappa shape index (κ3) is 5.36. The van der Waals surface area contributed by atoms with Crippen LogP contribution in [0.2, 0.25) is 0 Å². The first kappa shape index (κ1) is 28.3. The highest BCUT2D eigenvalue weighted by molar-refractivity contribution is 5.98. The van der Waals surface area contributed by atoms with Crippen molar-refractivity contribution in [3.8, 4) is 22.5 Å². The normalized spacial score (nSPS) is 16.0. The molecule has 0 atom stereocenters. The number of hydrogen-bond donors (Lipinski definition) is 4. The number of likely N-dealkylation sites (tertiary alicyclic amines) is 1. The number of primary amides is 1. The fourth-order valence-electron chi connectivity index (χ4n) is 6.46. The third-order valence-electron chi connectivity index (χ3n) is 9.20. The zero-order chi connectivity index (χ0) is 30.2. The van der Waals surface area contributed by atoms with E-state index < -0.39 is 0 Å². The van der Waals surface area contributed by atoms with Gasteiger partial charge in [-0.05, 0) is 68.0 Å². The van der Waals surface area contributed by atoms with Gasteiger partial charge in [-0.25, -0.2) is 20.1 Å². The standard InChI is InChI=1S/C34H36N8O2/c1-2-41-12-10-25(11-13-41)42-18-24(17-38-42)31-15-28-32(36-20-37-33(28)39-31)27-4-3-5-30(29(27)19-43)40-34(44)26-9-8-22(21-6-7-21)14-23(26)16-35/h3-5,8-9,14-18,20-21,25,35,43H,2,6-7,10-13,19H2,1H3,(H,40,44)(H,36,37,39)/p+2. The Labute approximate surface area is 255 Å². The molecule has 1 saturated heterocycles. The van der Waals surface area contributed by atoms with Gasteiger partial charge in [0.15, 0.2) is 6.21 Å². The highest BCUT2D eigenvalue weighted by Crippen LogP contribution is 2.40. The Bertz CT molecular complexity index is 1850. The molecule has 1 aliphatic carbocycles. The molecule has 0 unspecified atom stereocenters. The van der Waals surface area contributed by atoms with E-state index in [0.717, 1.165) is 60.2 Å². The van der Waals surface area contributed by atoms with Crippen LogP contribution in [0.4, 0.5) is 5.69 Å². The first-order chi connectivity index (χ1) is 21.6. The van der Waals surface area contributed by atoms with Crippen molar-refractivity contribution < 1.29 is 20.6 Å². The lowest BCUT2D eigenvalue weighted by Crippen LogP contribution is -2.82. The Kier molecular flexibility index (Phi) is 7.63. The predicted octanol–water partition coefficient (Wildman–Crippen LogP) is 2.73. The molecule has 3 aromatic heterocycles. The minimum Gasteiger partial charge on any atom is -0.391 e. The number of quaternary nitrogens is 1. The van der Waals surface area contributed by atoms with Gasteiger partial charge in [0.2, 0.25) is 0 Å². The maximum absolute atomic E-state index is 13.5. The van der Waals surface area contributed by atoms with Crippen LogP contribution in [-0.2, 0) is 6.61 Å². The number of aromatic amines is 1. The summed E-state index contributed by atoms with van der Waals surface area (Å²) in [6.07, 6.45) is 11.6. The number of nitrogens with one attached hydrogen (secondary N) is 1. The van der Waals surface area contributed by atoms with Crippen molar-refractivity contribution in [3.05, 3.63) is 83.4 Å². The number of aliphatic hydroxyl groups is 1. The van der Waals surface area contributed by atoms with Gasteiger partial charge in [-0.3, -0.25) is 10.1 Å². The van der Waals surface area contributed by atoms with Gasteiger partial charge in [0.05, 0.1) is 41.4 Å². The summed E-state index contributed by atoms with van der Waals surface area (Å²) in [5.41, 5.74) is 7.79. The maximum atomic E-state index is 13.5. The Morgan fingerprint density at radius 3 is 2.73 bits per heavy atom. The number of benzene rings is 2. The van der Waals surface area contributed by atoms with Gasteiger partial charge in [-0.2, -0.15) is 5.10 Å². The van der Waals surface area contributed by atoms with Crippen molar-refractivity contribution in [2.45, 2.75) is 51.2 Å². The van der Waals surface area contributed by atoms with E-state index in [1.54, 1.807) is 5.32 Å². The SMILES string of the molecule is CCN1CCC(n2cc(-c3cc4c(-c5cccc([NH2+]C(=O)c6ccc(C7CC7)cc6C=[NH2+])c5CO)ncnc4[nH]3)cn2)CC1. The van der Waals surface area contributed by atoms with Gasteiger partial charge in [-0.15, -0.1) is 0 Å². The van der Waals surface area contributed by atoms with Crippen LogP contribution in [0.15, 0.2) is 61.2 Å². The van der Waals surface area contributed by atoms with Crippen LogP contribution in [0, 0.1) is 0 Å². The fourth-order valence-corrected chi connectivity index (χ4v) is 6.46. The van der Waals surface area contributed by atoms with Crippen LogP contribution in [0.3, 0.4) is 0 Å². The number of amides is 1. The number of aliphatic hydroxyl groups excluding tert-OH is 1. The van der Waals surface area contributed by atoms with Crippen molar-refractivity contribution in [1.29, 1.82) is 0 Å². The molecule has 0 bridgehead atoms. The van der Waals surface area contributed by atoms with E-state index >= 15 is 0 Å². The van der Waals surface area contributed by atoms with Crippen molar-refractivity contribution >= 4 is 28.8 Å². The maximum Gasteiger partial charge on any atom is 0.348 e. The van der Waals surface area contributed by atoms with E-state index in [1.807, 2.05) is 48.7 Å². The average Bonchev–Trinajstić information content (AvgIpc) is 3.63. The molecule has 2 aromatic carbocycles. The van der Waals surface area contributed by atoms with E-state index in [1.165, 1.54) is 30.9 Å². The van der Waals surface area contributed by atoms with Gasteiger partial charge >= 0.3 is 5.91 Å². The molecular weight excluding hydrogens is 552 g/mol. The lowest BCUT2D eigenvalue weighted by Gasteiger charge is -2.31. The summed E-state index contributed by atoms with van der Waals surface area (Å²) >= 11 is 0. The summed E-state index contributed by atoms with van der Waals surface area (Å²) < 4.78 is 2.09. The largest absolute Gasteiger partial charge is 0.391 e. The number of carbonyl (C=O) groups excluding carboxylic acids is 1. The number of piperidine rings is 1. The van der Waals surface area contributed by atoms with Crippen molar-refractivity contribution in [2.75, 3.05) is 19.6 Å². The predicted molar refractivity (Wildman–Crippen MR) is 168 cm³/mol. The molecule has 4 heterocycles. The Morgan fingerprint density at radius 2 is 1.98 bits per heavy atom. The van der Waals surface area contributed by atoms with Crippen LogP contribution < -0.4 is 10.7 Å². The number of nitrogens with two attached hydrogens (primary N) is 2. The molecule has 5 aromatic rings. The minimum absolute atomic E-state index is 0.162. The van der Waals surface area contributed by atoms with E-state index in [9.17, 15) is 9.90 Å². The zero-order valence-electron chi connectivity index (χ0n) is 24.9. The van der Waals surface area contributed by atoms with Gasteiger partial charge in [0.1, 0.15) is 17.7 Å². The first-order valence-electron chi connectivity index (χ1n) is 15.5. The molecule has 224 valence electrons. The van der Waals surface area contributed by atoms with Gasteiger partial charge in [0.25, 0.3) is 0 Å². The second-order valence-electron chi connectivity index (χ2n) is 11.9. The van der Waals surface area contributed by atoms with Crippen molar-refractivity contribution in [2.24, 2.45) is 0 Å². The number of H-pyrrole nitrogens is 1. The molecule has 0 spiro atoms. The molecule has 2 aliphatic rings. The van der Waals surface area contributed by atoms with Crippen LogP contribution in [0.25, 0.3) is 33.5 Å². The topological polar surface area (TPSA) is 142 Å². The minimum atomic E-state index is -0.252. The number of hydrogen-bond acceptors (Lipinski definition) is 6. The number of rotatable bonds is 9. The second-order valence-corrected chi connectivity index (χ2v) is 11.9. The molecular formula is C34H38N8O2+2. The second kappa shape index (κ2) is 11.9. The monoisotopic (exact) mass is 590 g/mol. The van der Waals surface area contributed by atoms with Gasteiger partial charge in [-0.1, -0.05) is 25.1 Å². The number of nitrogens with zero attached hydrogens (tertiary/aromatic N) is 5. The molecule has 6 N–H and O–H groups in total. The van der Waals surface area contributed by atoms with Crippen molar-refractivity contribution in [3.63, 3.8) is 0 Å². The first-order valence-corrected chi connectivity index (χ1v) is 15.5. The van der Waals surface area contributed by atoms with Gasteiger partial charge in [0, 0.05) is 41.4 Å². The summed E-state index contributed by atoms with van der Waals surface area (Å²) in [5.74, 6) is 0.406. The molecule has 1 aliphatic heterocycles. The van der Waals surface area contributed by atoms with Crippen molar-refractivity contribution in [1.82, 2.24) is 29.6 Å². The van der Waals surface area contributed by atoms with Crippen LogP contribution >= 0.6 is 0 Å². The molecule has 10 heteroatoms. The van der Waals surface area contributed by atoms with E-state index in [4.69, 9.17) is 10.5 Å². The number of fused-ring (bicyclic) bond motifs is 1. The molecule has 1 saturated carbocycles. The summed E-state index contributed by atoms with van der Waals surface area (Å²) in [7, 11) is 0. The van der Waals surface area contributed by atoms with E-state index in [-0.39, 0.29) is 12.5 Å². The van der Waals surface area contributed by atoms with Crippen LogP contribution in [0.1, 0.15) is 71.6 Å². The van der Waals surface area contributed by atoms with E-state index in [0.29, 0.717) is 40.1 Å². The summed E-state index contributed by atoms with van der Waals surface area (Å²) in [6.45, 7) is 5.24.